The molecule has 7 heteroatoms. The molecule has 3 aromatic carbocycles. The van der Waals surface area contributed by atoms with Gasteiger partial charge in [-0.2, -0.15) is 17.9 Å². The van der Waals surface area contributed by atoms with Gasteiger partial charge < -0.3 is 4.90 Å². The van der Waals surface area contributed by atoms with Crippen molar-refractivity contribution in [2.24, 2.45) is 5.10 Å². The third-order valence-electron chi connectivity index (χ3n) is 5.41. The molecule has 0 aliphatic carbocycles. The van der Waals surface area contributed by atoms with Crippen LogP contribution in [0.2, 0.25) is 0 Å². The van der Waals surface area contributed by atoms with E-state index in [9.17, 15) is 8.42 Å². The zero-order chi connectivity index (χ0) is 22.2. The fraction of sp³-hybridized carbons (Fsp3) is 0.208. The van der Waals surface area contributed by atoms with Crippen molar-refractivity contribution in [3.8, 4) is 0 Å². The number of hydrogen-bond donors (Lipinski definition) is 0. The molecule has 160 valence electrons. The van der Waals surface area contributed by atoms with Crippen LogP contribution < -0.4 is 4.90 Å². The van der Waals surface area contributed by atoms with Crippen molar-refractivity contribution in [3.63, 3.8) is 0 Å². The number of halogens is 1. The number of hydrogen-bond acceptors (Lipinski definition) is 4. The van der Waals surface area contributed by atoms with Crippen LogP contribution in [-0.4, -0.2) is 32.6 Å². The SMILES string of the molecule is Cc1ccc(S(=O)(=O)N2N=C(c3ccc(Br)cc3)CC2c2ccc(N(C)C)cc2)cc1. The Bertz CT molecular complexity index is 1200. The molecule has 0 amide bonds. The van der Waals surface area contributed by atoms with Gasteiger partial charge in [-0.05, 0) is 54.4 Å². The van der Waals surface area contributed by atoms with Gasteiger partial charge in [0.25, 0.3) is 10.0 Å². The standard InChI is InChI=1S/C24H24BrN3O2S/c1-17-4-14-22(15-5-17)31(29,30)28-24(19-8-12-21(13-9-19)27(2)3)16-23(26-28)18-6-10-20(25)11-7-18/h4-15,24H,16H2,1-3H3. The van der Waals surface area contributed by atoms with E-state index in [0.29, 0.717) is 6.42 Å². The van der Waals surface area contributed by atoms with Gasteiger partial charge >= 0.3 is 0 Å². The van der Waals surface area contributed by atoms with Crippen LogP contribution >= 0.6 is 15.9 Å². The van der Waals surface area contributed by atoms with E-state index in [0.717, 1.165) is 32.6 Å². The molecular weight excluding hydrogens is 474 g/mol. The predicted octanol–water partition coefficient (Wildman–Crippen LogP) is 5.36. The molecule has 4 rings (SSSR count). The van der Waals surface area contributed by atoms with Gasteiger partial charge in [0.2, 0.25) is 0 Å². The van der Waals surface area contributed by atoms with Gasteiger partial charge in [0.15, 0.2) is 0 Å². The van der Waals surface area contributed by atoms with E-state index in [4.69, 9.17) is 0 Å². The molecule has 1 unspecified atom stereocenters. The molecule has 0 fully saturated rings. The number of rotatable bonds is 5. The van der Waals surface area contributed by atoms with Gasteiger partial charge in [0, 0.05) is 30.7 Å². The summed E-state index contributed by atoms with van der Waals surface area (Å²) >= 11 is 3.45. The lowest BCUT2D eigenvalue weighted by Gasteiger charge is -2.24. The van der Waals surface area contributed by atoms with Crippen molar-refractivity contribution >= 4 is 37.4 Å². The van der Waals surface area contributed by atoms with E-state index in [-0.39, 0.29) is 4.90 Å². The van der Waals surface area contributed by atoms with Crippen molar-refractivity contribution in [2.75, 3.05) is 19.0 Å². The van der Waals surface area contributed by atoms with E-state index in [2.05, 4.69) is 21.0 Å². The second-order valence-electron chi connectivity index (χ2n) is 7.85. The van der Waals surface area contributed by atoms with Gasteiger partial charge in [-0.25, -0.2) is 0 Å². The van der Waals surface area contributed by atoms with Crippen LogP contribution in [0.1, 0.15) is 29.2 Å². The highest BCUT2D eigenvalue weighted by atomic mass is 79.9. The molecule has 31 heavy (non-hydrogen) atoms. The zero-order valence-electron chi connectivity index (χ0n) is 17.7. The van der Waals surface area contributed by atoms with Gasteiger partial charge in [-0.3, -0.25) is 0 Å². The van der Waals surface area contributed by atoms with E-state index in [1.165, 1.54) is 4.41 Å². The molecule has 0 radical (unpaired) electrons. The molecule has 0 spiro atoms. The molecule has 0 aromatic heterocycles. The fourth-order valence-corrected chi connectivity index (χ4v) is 5.29. The van der Waals surface area contributed by atoms with Crippen LogP contribution in [-0.2, 0) is 10.0 Å². The molecule has 1 atom stereocenters. The summed E-state index contributed by atoms with van der Waals surface area (Å²) in [7, 11) is 0.157. The smallest absolute Gasteiger partial charge is 0.279 e. The van der Waals surface area contributed by atoms with Crippen molar-refractivity contribution in [1.29, 1.82) is 0 Å². The summed E-state index contributed by atoms with van der Waals surface area (Å²) in [6.07, 6.45) is 0.508. The van der Waals surface area contributed by atoms with Crippen molar-refractivity contribution in [1.82, 2.24) is 4.41 Å². The number of sulfonamides is 1. The Morgan fingerprint density at radius 3 is 2.13 bits per heavy atom. The maximum Gasteiger partial charge on any atom is 0.279 e. The predicted molar refractivity (Wildman–Crippen MR) is 129 cm³/mol. The van der Waals surface area contributed by atoms with Crippen LogP contribution in [0, 0.1) is 6.92 Å². The zero-order valence-corrected chi connectivity index (χ0v) is 20.1. The van der Waals surface area contributed by atoms with E-state index < -0.39 is 16.1 Å². The Hall–Kier alpha value is -2.64. The number of aryl methyl sites for hydroxylation is 1. The minimum atomic E-state index is -3.80. The van der Waals surface area contributed by atoms with Gasteiger partial charge in [0.05, 0.1) is 16.6 Å². The molecule has 0 saturated carbocycles. The molecule has 1 aliphatic rings. The van der Waals surface area contributed by atoms with Crippen LogP contribution in [0.3, 0.4) is 0 Å². The van der Waals surface area contributed by atoms with E-state index >= 15 is 0 Å². The number of nitrogens with zero attached hydrogens (tertiary/aromatic N) is 3. The molecule has 1 aliphatic heterocycles. The molecular formula is C24H24BrN3O2S. The maximum atomic E-state index is 13.5. The van der Waals surface area contributed by atoms with E-state index in [1.807, 2.05) is 86.6 Å². The van der Waals surface area contributed by atoms with Crippen LogP contribution in [0.5, 0.6) is 0 Å². The summed E-state index contributed by atoms with van der Waals surface area (Å²) in [4.78, 5) is 2.26. The number of anilines is 1. The average molecular weight is 498 g/mol. The molecule has 3 aromatic rings. The topological polar surface area (TPSA) is 53.0 Å². The Balaban J connectivity index is 1.77. The first-order valence-corrected chi connectivity index (χ1v) is 12.2. The highest BCUT2D eigenvalue weighted by molar-refractivity contribution is 9.10. The summed E-state index contributed by atoms with van der Waals surface area (Å²) in [6.45, 7) is 1.94. The first kappa shape index (κ1) is 21.6. The minimum Gasteiger partial charge on any atom is -0.378 e. The fourth-order valence-electron chi connectivity index (χ4n) is 3.59. The monoisotopic (exact) mass is 497 g/mol. The highest BCUT2D eigenvalue weighted by Crippen LogP contribution is 2.37. The summed E-state index contributed by atoms with van der Waals surface area (Å²) in [6, 6.07) is 22.3. The van der Waals surface area contributed by atoms with Crippen LogP contribution in [0.25, 0.3) is 0 Å². The quantitative estimate of drug-likeness (QED) is 0.476. The molecule has 1 heterocycles. The molecule has 0 bridgehead atoms. The molecule has 5 nitrogen and oxygen atoms in total. The average Bonchev–Trinajstić information content (AvgIpc) is 3.21. The van der Waals surface area contributed by atoms with E-state index in [1.54, 1.807) is 12.1 Å². The second-order valence-corrected chi connectivity index (χ2v) is 10.6. The van der Waals surface area contributed by atoms with Crippen LogP contribution in [0.15, 0.2) is 87.3 Å². The third-order valence-corrected chi connectivity index (χ3v) is 7.63. The summed E-state index contributed by atoms with van der Waals surface area (Å²) in [5.74, 6) is 0. The summed E-state index contributed by atoms with van der Waals surface area (Å²) in [5, 5.41) is 4.61. The van der Waals surface area contributed by atoms with Gasteiger partial charge in [0.1, 0.15) is 0 Å². The van der Waals surface area contributed by atoms with Gasteiger partial charge in [-0.1, -0.05) is 57.9 Å². The van der Waals surface area contributed by atoms with Crippen molar-refractivity contribution in [3.05, 3.63) is 94.0 Å². The Kier molecular flexibility index (Phi) is 5.90. The molecule has 0 N–H and O–H groups in total. The number of hydrazone groups is 1. The Labute approximate surface area is 192 Å². The van der Waals surface area contributed by atoms with Gasteiger partial charge in [-0.15, -0.1) is 0 Å². The summed E-state index contributed by atoms with van der Waals surface area (Å²) < 4.78 is 29.3. The maximum absolute atomic E-state index is 13.5. The van der Waals surface area contributed by atoms with Crippen LogP contribution in [0.4, 0.5) is 5.69 Å². The molecule has 0 saturated heterocycles. The lowest BCUT2D eigenvalue weighted by molar-refractivity contribution is 0.371. The first-order valence-electron chi connectivity index (χ1n) is 9.97. The second kappa shape index (κ2) is 8.48. The van der Waals surface area contributed by atoms with Crippen molar-refractivity contribution < 1.29 is 8.42 Å². The van der Waals surface area contributed by atoms with Crippen molar-refractivity contribution in [2.45, 2.75) is 24.3 Å². The minimum absolute atomic E-state index is 0.244. The normalized spacial score (nSPS) is 16.3. The third kappa shape index (κ3) is 4.38. The lowest BCUT2D eigenvalue weighted by Crippen LogP contribution is -2.27. The highest BCUT2D eigenvalue weighted by Gasteiger charge is 2.37. The number of benzene rings is 3. The first-order chi connectivity index (χ1) is 14.8. The summed E-state index contributed by atoms with van der Waals surface area (Å²) in [5.41, 5.74) is 4.65. The Morgan fingerprint density at radius 2 is 1.55 bits per heavy atom. The Morgan fingerprint density at radius 1 is 0.935 bits per heavy atom. The lowest BCUT2D eigenvalue weighted by atomic mass is 9.99. The largest absolute Gasteiger partial charge is 0.378 e.